The van der Waals surface area contributed by atoms with Gasteiger partial charge in [0.2, 0.25) is 17.8 Å². The molecule has 26 heavy (non-hydrogen) atoms. The molecule has 2 saturated heterocycles. The molecule has 0 aromatic carbocycles. The van der Waals surface area contributed by atoms with Crippen molar-refractivity contribution >= 4 is 17.8 Å². The van der Waals surface area contributed by atoms with Gasteiger partial charge >= 0.3 is 0 Å². The number of hydrogen-bond acceptors (Lipinski definition) is 6. The zero-order valence-corrected chi connectivity index (χ0v) is 15.2. The molecule has 1 aromatic rings. The Morgan fingerprint density at radius 1 is 1.15 bits per heavy atom. The van der Waals surface area contributed by atoms with Crippen LogP contribution in [-0.4, -0.2) is 72.5 Å². The van der Waals surface area contributed by atoms with Crippen molar-refractivity contribution in [3.63, 3.8) is 0 Å². The summed E-state index contributed by atoms with van der Waals surface area (Å²) in [5.74, 6) is 1.48. The highest BCUT2D eigenvalue weighted by Gasteiger charge is 2.22. The van der Waals surface area contributed by atoms with Crippen molar-refractivity contribution in [2.45, 2.75) is 25.7 Å². The van der Waals surface area contributed by atoms with Crippen LogP contribution < -0.4 is 15.5 Å². The van der Waals surface area contributed by atoms with Gasteiger partial charge in [0, 0.05) is 58.0 Å². The number of nitrogens with one attached hydrogen (secondary N) is 2. The minimum Gasteiger partial charge on any atom is -0.356 e. The Labute approximate surface area is 154 Å². The third-order valence-corrected chi connectivity index (χ3v) is 5.07. The van der Waals surface area contributed by atoms with Crippen molar-refractivity contribution in [2.24, 2.45) is 5.92 Å². The molecule has 142 valence electrons. The third kappa shape index (κ3) is 5.39. The quantitative estimate of drug-likeness (QED) is 0.713. The first kappa shape index (κ1) is 18.6. The number of amides is 2. The number of carbonyl (C=O) groups excluding carboxylic acids is 2. The van der Waals surface area contributed by atoms with Crippen LogP contribution in [0.5, 0.6) is 0 Å². The Bertz CT molecular complexity index is 583. The van der Waals surface area contributed by atoms with Crippen LogP contribution >= 0.6 is 0 Å². The molecule has 0 radical (unpaired) electrons. The largest absolute Gasteiger partial charge is 0.356 e. The number of hydrogen-bond donors (Lipinski definition) is 2. The number of carbonyl (C=O) groups is 2. The highest BCUT2D eigenvalue weighted by molar-refractivity contribution is 5.79. The molecule has 8 nitrogen and oxygen atoms in total. The van der Waals surface area contributed by atoms with E-state index in [0.717, 1.165) is 39.0 Å². The summed E-state index contributed by atoms with van der Waals surface area (Å²) in [7, 11) is 0. The maximum Gasteiger partial charge on any atom is 0.225 e. The van der Waals surface area contributed by atoms with Gasteiger partial charge in [-0.05, 0) is 37.9 Å². The van der Waals surface area contributed by atoms with Gasteiger partial charge in [0.05, 0.1) is 0 Å². The van der Waals surface area contributed by atoms with Gasteiger partial charge in [-0.2, -0.15) is 0 Å². The normalized spacial score (nSPS) is 20.2. The van der Waals surface area contributed by atoms with E-state index in [1.165, 1.54) is 0 Å². The van der Waals surface area contributed by atoms with E-state index in [2.05, 4.69) is 25.5 Å². The van der Waals surface area contributed by atoms with Gasteiger partial charge in [0.15, 0.2) is 0 Å². The van der Waals surface area contributed by atoms with Crippen molar-refractivity contribution in [3.05, 3.63) is 18.5 Å². The fourth-order valence-electron chi connectivity index (χ4n) is 3.46. The molecule has 2 N–H and O–H groups in total. The topological polar surface area (TPSA) is 90.5 Å². The van der Waals surface area contributed by atoms with Crippen LogP contribution in [0.15, 0.2) is 18.5 Å². The lowest BCUT2D eigenvalue weighted by molar-refractivity contribution is -0.131. The van der Waals surface area contributed by atoms with Crippen LogP contribution in [0.2, 0.25) is 0 Å². The van der Waals surface area contributed by atoms with E-state index in [9.17, 15) is 9.59 Å². The van der Waals surface area contributed by atoms with Crippen molar-refractivity contribution < 1.29 is 9.59 Å². The molecule has 2 amide bonds. The maximum absolute atomic E-state index is 12.3. The highest BCUT2D eigenvalue weighted by Crippen LogP contribution is 2.14. The second-order valence-corrected chi connectivity index (χ2v) is 6.91. The number of piperazine rings is 1. The molecule has 0 aliphatic carbocycles. The summed E-state index contributed by atoms with van der Waals surface area (Å²) < 4.78 is 0. The summed E-state index contributed by atoms with van der Waals surface area (Å²) in [4.78, 5) is 36.6. The van der Waals surface area contributed by atoms with Gasteiger partial charge in [-0.25, -0.2) is 9.97 Å². The lowest BCUT2D eigenvalue weighted by Gasteiger charge is -2.34. The van der Waals surface area contributed by atoms with Crippen LogP contribution in [0, 0.1) is 5.92 Å². The second-order valence-electron chi connectivity index (χ2n) is 6.91. The van der Waals surface area contributed by atoms with Crippen LogP contribution in [0.3, 0.4) is 0 Å². The summed E-state index contributed by atoms with van der Waals surface area (Å²) in [6.45, 7) is 5.30. The first-order valence-electron chi connectivity index (χ1n) is 9.49. The monoisotopic (exact) mass is 360 g/mol. The van der Waals surface area contributed by atoms with E-state index >= 15 is 0 Å². The molecule has 1 aromatic heterocycles. The van der Waals surface area contributed by atoms with E-state index in [4.69, 9.17) is 0 Å². The van der Waals surface area contributed by atoms with Gasteiger partial charge in [-0.15, -0.1) is 0 Å². The van der Waals surface area contributed by atoms with Gasteiger partial charge in [-0.1, -0.05) is 0 Å². The number of aromatic nitrogens is 2. The maximum atomic E-state index is 12.3. The molecule has 2 fully saturated rings. The van der Waals surface area contributed by atoms with Crippen LogP contribution in [0.1, 0.15) is 25.7 Å². The zero-order valence-electron chi connectivity index (χ0n) is 15.2. The number of anilines is 1. The molecule has 8 heteroatoms. The van der Waals surface area contributed by atoms with Crippen molar-refractivity contribution in [3.8, 4) is 0 Å². The van der Waals surface area contributed by atoms with Crippen molar-refractivity contribution in [1.82, 2.24) is 25.5 Å². The molecule has 2 aliphatic rings. The Balaban J connectivity index is 1.30. The molecular formula is C18H28N6O2. The van der Waals surface area contributed by atoms with Crippen LogP contribution in [0.4, 0.5) is 5.95 Å². The molecule has 0 spiro atoms. The fourth-order valence-corrected chi connectivity index (χ4v) is 3.46. The number of nitrogens with zero attached hydrogens (tertiary/aromatic N) is 4. The van der Waals surface area contributed by atoms with Crippen LogP contribution in [0.25, 0.3) is 0 Å². The molecule has 3 heterocycles. The van der Waals surface area contributed by atoms with Crippen molar-refractivity contribution in [2.75, 3.05) is 50.7 Å². The summed E-state index contributed by atoms with van der Waals surface area (Å²) >= 11 is 0. The molecule has 1 atom stereocenters. The molecule has 2 aliphatic heterocycles. The highest BCUT2D eigenvalue weighted by atomic mass is 16.2. The van der Waals surface area contributed by atoms with Crippen LogP contribution in [-0.2, 0) is 9.59 Å². The van der Waals surface area contributed by atoms with E-state index < -0.39 is 0 Å². The second kappa shape index (κ2) is 9.47. The molecule has 0 saturated carbocycles. The predicted molar refractivity (Wildman–Crippen MR) is 98.7 cm³/mol. The standard InChI is InChI=1S/C18H28N6O2/c25-16(3-2-15-4-8-19-14-15)20-9-5-17(26)23-10-12-24(13-11-23)18-21-6-1-7-22-18/h1,6-7,15,19H,2-5,8-14H2,(H,20,25). The lowest BCUT2D eigenvalue weighted by Crippen LogP contribution is -2.49. The summed E-state index contributed by atoms with van der Waals surface area (Å²) in [5.41, 5.74) is 0. The Morgan fingerprint density at radius 3 is 2.62 bits per heavy atom. The molecule has 3 rings (SSSR count). The minimum absolute atomic E-state index is 0.0516. The molecule has 0 bridgehead atoms. The lowest BCUT2D eigenvalue weighted by atomic mass is 10.0. The first-order valence-corrected chi connectivity index (χ1v) is 9.49. The molecular weight excluding hydrogens is 332 g/mol. The fraction of sp³-hybridized carbons (Fsp3) is 0.667. The minimum atomic E-state index is 0.0516. The first-order chi connectivity index (χ1) is 12.7. The van der Waals surface area contributed by atoms with E-state index in [1.807, 2.05) is 4.90 Å². The number of rotatable bonds is 7. The van der Waals surface area contributed by atoms with Gasteiger partial charge in [-0.3, -0.25) is 9.59 Å². The van der Waals surface area contributed by atoms with Crippen molar-refractivity contribution in [1.29, 1.82) is 0 Å². The Morgan fingerprint density at radius 2 is 1.92 bits per heavy atom. The third-order valence-electron chi connectivity index (χ3n) is 5.07. The van der Waals surface area contributed by atoms with Gasteiger partial charge < -0.3 is 20.4 Å². The smallest absolute Gasteiger partial charge is 0.225 e. The molecule has 1 unspecified atom stereocenters. The van der Waals surface area contributed by atoms with E-state index in [-0.39, 0.29) is 11.8 Å². The van der Waals surface area contributed by atoms with Gasteiger partial charge in [0.1, 0.15) is 0 Å². The Kier molecular flexibility index (Phi) is 6.76. The summed E-state index contributed by atoms with van der Waals surface area (Å²) in [6, 6.07) is 1.79. The van der Waals surface area contributed by atoms with E-state index in [0.29, 0.717) is 44.3 Å². The zero-order chi connectivity index (χ0) is 18.2. The summed E-state index contributed by atoms with van der Waals surface area (Å²) in [5, 5.41) is 6.18. The Hall–Kier alpha value is -2.22. The van der Waals surface area contributed by atoms with Gasteiger partial charge in [0.25, 0.3) is 0 Å². The average Bonchev–Trinajstić information content (AvgIpc) is 3.21. The predicted octanol–water partition coefficient (Wildman–Crippen LogP) is 0.0212. The average molecular weight is 360 g/mol. The van der Waals surface area contributed by atoms with E-state index in [1.54, 1.807) is 18.5 Å². The summed E-state index contributed by atoms with van der Waals surface area (Å²) in [6.07, 6.45) is 6.45. The SMILES string of the molecule is O=C(CCC1CCNC1)NCCC(=O)N1CCN(c2ncccn2)CC1.